The highest BCUT2D eigenvalue weighted by atomic mass is 16.7. The smallest absolute Gasteiger partial charge is 0.383 e. The van der Waals surface area contributed by atoms with Gasteiger partial charge in [-0.05, 0) is 12.1 Å². The quantitative estimate of drug-likeness (QED) is 0.689. The van der Waals surface area contributed by atoms with Crippen molar-refractivity contribution in [2.24, 2.45) is 0 Å². The van der Waals surface area contributed by atoms with Crippen LogP contribution in [0.5, 0.6) is 11.5 Å². The summed E-state index contributed by atoms with van der Waals surface area (Å²) in [5.74, 6) is 0.684. The van der Waals surface area contributed by atoms with E-state index in [1.54, 1.807) is 6.07 Å². The Morgan fingerprint density at radius 3 is 2.75 bits per heavy atom. The van der Waals surface area contributed by atoms with Gasteiger partial charge in [-0.15, -0.1) is 0 Å². The van der Waals surface area contributed by atoms with Gasteiger partial charge in [0.15, 0.2) is 5.75 Å². The molecule has 1 atom stereocenters. The van der Waals surface area contributed by atoms with E-state index in [1.807, 2.05) is 25.1 Å². The molecule has 0 saturated heterocycles. The minimum Gasteiger partial charge on any atom is -0.450 e. The van der Waals surface area contributed by atoms with Crippen molar-refractivity contribution in [1.82, 2.24) is 0 Å². The third-order valence-corrected chi connectivity index (χ3v) is 2.56. The van der Waals surface area contributed by atoms with E-state index in [4.69, 9.17) is 13.9 Å². The van der Waals surface area contributed by atoms with Crippen LogP contribution in [0.1, 0.15) is 13.3 Å². The molecule has 4 heteroatoms. The van der Waals surface area contributed by atoms with Crippen LogP contribution in [0.4, 0.5) is 0 Å². The van der Waals surface area contributed by atoms with Gasteiger partial charge in [0.25, 0.3) is 5.75 Å². The predicted octanol–water partition coefficient (Wildman–Crippen LogP) is 2.30. The predicted molar refractivity (Wildman–Crippen MR) is 57.8 cm³/mol. The highest BCUT2D eigenvalue weighted by molar-refractivity contribution is 5.85. The SMILES string of the molecule is CCC1Oc2c(c3ccccc3oc2=O)O1. The number of hydrogen-bond donors (Lipinski definition) is 0. The molecule has 1 aliphatic heterocycles. The van der Waals surface area contributed by atoms with E-state index < -0.39 is 5.63 Å². The van der Waals surface area contributed by atoms with Gasteiger partial charge in [0.2, 0.25) is 6.29 Å². The van der Waals surface area contributed by atoms with Crippen LogP contribution in [0, 0.1) is 0 Å². The summed E-state index contributed by atoms with van der Waals surface area (Å²) in [4.78, 5) is 11.6. The first-order valence-electron chi connectivity index (χ1n) is 5.18. The van der Waals surface area contributed by atoms with Gasteiger partial charge in [0.05, 0.1) is 5.39 Å². The molecule has 82 valence electrons. The van der Waals surface area contributed by atoms with E-state index >= 15 is 0 Å². The fraction of sp³-hybridized carbons (Fsp3) is 0.250. The molecule has 16 heavy (non-hydrogen) atoms. The lowest BCUT2D eigenvalue weighted by atomic mass is 10.2. The van der Waals surface area contributed by atoms with Crippen molar-refractivity contribution in [2.75, 3.05) is 0 Å². The first-order valence-corrected chi connectivity index (χ1v) is 5.18. The number of fused-ring (bicyclic) bond motifs is 3. The van der Waals surface area contributed by atoms with Crippen LogP contribution in [0.3, 0.4) is 0 Å². The second-order valence-corrected chi connectivity index (χ2v) is 3.62. The second kappa shape index (κ2) is 3.27. The maximum atomic E-state index is 11.6. The average Bonchev–Trinajstić information content (AvgIpc) is 2.74. The fourth-order valence-electron chi connectivity index (χ4n) is 1.78. The molecule has 0 aliphatic carbocycles. The molecular weight excluding hydrogens is 208 g/mol. The van der Waals surface area contributed by atoms with Gasteiger partial charge in [-0.3, -0.25) is 0 Å². The molecule has 0 fully saturated rings. The Balaban J connectivity index is 2.31. The van der Waals surface area contributed by atoms with Gasteiger partial charge in [-0.25, -0.2) is 4.79 Å². The Hall–Kier alpha value is -1.97. The molecule has 2 aromatic rings. The van der Waals surface area contributed by atoms with Gasteiger partial charge < -0.3 is 13.9 Å². The first kappa shape index (κ1) is 9.27. The Morgan fingerprint density at radius 1 is 1.19 bits per heavy atom. The first-order chi connectivity index (χ1) is 7.79. The second-order valence-electron chi connectivity index (χ2n) is 3.62. The Kier molecular flexibility index (Phi) is 1.89. The average molecular weight is 218 g/mol. The minimum atomic E-state index is -0.482. The molecule has 1 aliphatic rings. The Morgan fingerprint density at radius 2 is 1.94 bits per heavy atom. The zero-order valence-electron chi connectivity index (χ0n) is 8.73. The summed E-state index contributed by atoms with van der Waals surface area (Å²) in [6.07, 6.45) is 0.298. The lowest BCUT2D eigenvalue weighted by Gasteiger charge is -2.05. The lowest BCUT2D eigenvalue weighted by Crippen LogP contribution is -2.16. The van der Waals surface area contributed by atoms with E-state index in [0.717, 1.165) is 5.39 Å². The molecule has 0 radical (unpaired) electrons. The lowest BCUT2D eigenvalue weighted by molar-refractivity contribution is 0.0458. The van der Waals surface area contributed by atoms with Crippen molar-refractivity contribution in [3.05, 3.63) is 34.7 Å². The van der Waals surface area contributed by atoms with Crippen molar-refractivity contribution in [1.29, 1.82) is 0 Å². The zero-order valence-corrected chi connectivity index (χ0v) is 8.73. The van der Waals surface area contributed by atoms with Gasteiger partial charge in [0.1, 0.15) is 5.58 Å². The topological polar surface area (TPSA) is 48.7 Å². The van der Waals surface area contributed by atoms with E-state index in [2.05, 4.69) is 0 Å². The van der Waals surface area contributed by atoms with Gasteiger partial charge >= 0.3 is 5.63 Å². The minimum absolute atomic E-state index is 0.186. The standard InChI is InChI=1S/C12H10O4/c1-2-9-15-10-7-5-3-4-6-8(7)14-12(13)11(10)16-9/h3-6,9H,2H2,1H3. The molecule has 1 unspecified atom stereocenters. The van der Waals surface area contributed by atoms with Crippen LogP contribution in [0.25, 0.3) is 11.0 Å². The molecule has 1 aromatic carbocycles. The van der Waals surface area contributed by atoms with E-state index in [-0.39, 0.29) is 12.0 Å². The molecule has 0 N–H and O–H groups in total. The van der Waals surface area contributed by atoms with Gasteiger partial charge in [0, 0.05) is 6.42 Å². The van der Waals surface area contributed by atoms with Crippen molar-refractivity contribution in [3.8, 4) is 11.5 Å². The monoisotopic (exact) mass is 218 g/mol. The number of benzene rings is 1. The molecule has 1 aromatic heterocycles. The highest BCUT2D eigenvalue weighted by Gasteiger charge is 2.29. The molecule has 0 amide bonds. The van der Waals surface area contributed by atoms with E-state index in [9.17, 15) is 4.79 Å². The van der Waals surface area contributed by atoms with Crippen molar-refractivity contribution in [2.45, 2.75) is 19.6 Å². The summed E-state index contributed by atoms with van der Waals surface area (Å²) in [6, 6.07) is 7.26. The summed E-state index contributed by atoms with van der Waals surface area (Å²) in [7, 11) is 0. The highest BCUT2D eigenvalue weighted by Crippen LogP contribution is 2.38. The molecule has 0 bridgehead atoms. The summed E-state index contributed by atoms with van der Waals surface area (Å²) < 4.78 is 16.1. The molecule has 0 saturated carbocycles. The largest absolute Gasteiger partial charge is 0.450 e. The number of para-hydroxylation sites is 1. The maximum absolute atomic E-state index is 11.6. The summed E-state index contributed by atoms with van der Waals surface area (Å²) in [5.41, 5.74) is 0.0382. The van der Waals surface area contributed by atoms with Crippen LogP contribution in [0.2, 0.25) is 0 Å². The third-order valence-electron chi connectivity index (χ3n) is 2.56. The zero-order chi connectivity index (χ0) is 11.1. The maximum Gasteiger partial charge on any atom is 0.383 e. The van der Waals surface area contributed by atoms with E-state index in [1.165, 1.54) is 0 Å². The van der Waals surface area contributed by atoms with Crippen LogP contribution in [-0.2, 0) is 0 Å². The number of hydrogen-bond acceptors (Lipinski definition) is 4. The fourth-order valence-corrected chi connectivity index (χ4v) is 1.78. The number of rotatable bonds is 1. The van der Waals surface area contributed by atoms with Crippen LogP contribution in [0.15, 0.2) is 33.5 Å². The van der Waals surface area contributed by atoms with Crippen molar-refractivity contribution < 1.29 is 13.9 Å². The van der Waals surface area contributed by atoms with Crippen LogP contribution >= 0.6 is 0 Å². The van der Waals surface area contributed by atoms with Crippen LogP contribution < -0.4 is 15.1 Å². The Labute approximate surface area is 91.4 Å². The molecular formula is C12H10O4. The molecule has 0 spiro atoms. The third kappa shape index (κ3) is 1.19. The van der Waals surface area contributed by atoms with Crippen LogP contribution in [-0.4, -0.2) is 6.29 Å². The molecule has 2 heterocycles. The van der Waals surface area contributed by atoms with Crippen molar-refractivity contribution in [3.63, 3.8) is 0 Å². The molecule has 3 rings (SSSR count). The van der Waals surface area contributed by atoms with Gasteiger partial charge in [-0.1, -0.05) is 19.1 Å². The summed E-state index contributed by atoms with van der Waals surface area (Å²) >= 11 is 0. The summed E-state index contributed by atoms with van der Waals surface area (Å²) in [6.45, 7) is 1.93. The van der Waals surface area contributed by atoms with Crippen molar-refractivity contribution >= 4 is 11.0 Å². The normalized spacial score (nSPS) is 17.9. The van der Waals surface area contributed by atoms with E-state index in [0.29, 0.717) is 17.8 Å². The Bertz CT molecular complexity index is 599. The number of ether oxygens (including phenoxy) is 2. The van der Waals surface area contributed by atoms with Gasteiger partial charge in [-0.2, -0.15) is 0 Å². The summed E-state index contributed by atoms with van der Waals surface area (Å²) in [5, 5.41) is 0.771. The molecule has 4 nitrogen and oxygen atoms in total.